The van der Waals surface area contributed by atoms with Crippen molar-refractivity contribution >= 4 is 17.9 Å². The Balaban J connectivity index is 1.69. The molecule has 3 heterocycles. The smallest absolute Gasteiger partial charge is 0.417 e. The molecule has 17 heteroatoms. The Hall–Kier alpha value is -3.92. The Kier molecular flexibility index (Phi) is 9.89. The van der Waals surface area contributed by atoms with E-state index >= 15 is 0 Å². The van der Waals surface area contributed by atoms with Crippen LogP contribution in [0, 0.1) is 0 Å². The topological polar surface area (TPSA) is 69.2 Å². The first kappa shape index (κ1) is 35.9. The first-order valence-corrected chi connectivity index (χ1v) is 14.7. The molecule has 0 aliphatic carbocycles. The van der Waals surface area contributed by atoms with Crippen LogP contribution in [0.1, 0.15) is 67.5 Å². The maximum atomic E-state index is 13.8. The third kappa shape index (κ3) is 7.64. The molecular weight excluding hydrogens is 649 g/mol. The predicted molar refractivity (Wildman–Crippen MR) is 151 cm³/mol. The van der Waals surface area contributed by atoms with Crippen molar-refractivity contribution in [3.63, 3.8) is 0 Å². The van der Waals surface area contributed by atoms with E-state index in [1.54, 1.807) is 30.8 Å². The van der Waals surface area contributed by atoms with Crippen molar-refractivity contribution in [2.75, 3.05) is 32.1 Å². The summed E-state index contributed by atoms with van der Waals surface area (Å²) < 4.78 is 128. The van der Waals surface area contributed by atoms with E-state index in [1.807, 2.05) is 6.92 Å². The summed E-state index contributed by atoms with van der Waals surface area (Å²) in [7, 11) is 3.24. The van der Waals surface area contributed by atoms with Crippen LogP contribution in [0.3, 0.4) is 0 Å². The van der Waals surface area contributed by atoms with Gasteiger partial charge in [0.15, 0.2) is 0 Å². The van der Waals surface area contributed by atoms with E-state index in [2.05, 4.69) is 4.98 Å². The van der Waals surface area contributed by atoms with Gasteiger partial charge in [-0.05, 0) is 63.4 Å². The van der Waals surface area contributed by atoms with Crippen molar-refractivity contribution in [1.29, 1.82) is 0 Å². The minimum atomic E-state index is -5.14. The van der Waals surface area contributed by atoms with Crippen molar-refractivity contribution in [1.82, 2.24) is 19.7 Å². The zero-order valence-corrected chi connectivity index (χ0v) is 26.1. The molecule has 3 amide bonds. The zero-order valence-electron chi connectivity index (χ0n) is 26.1. The lowest BCUT2D eigenvalue weighted by Gasteiger charge is -2.43. The lowest BCUT2D eigenvalue weighted by Crippen LogP contribution is -2.53. The second-order valence-corrected chi connectivity index (χ2v) is 11.9. The zero-order chi connectivity index (χ0) is 35.2. The number of pyridine rings is 1. The number of anilines is 1. The molecule has 1 aromatic carbocycles. The maximum Gasteiger partial charge on any atom is 0.417 e. The van der Waals surface area contributed by atoms with Gasteiger partial charge < -0.3 is 19.4 Å². The third-order valence-corrected chi connectivity index (χ3v) is 8.47. The fraction of sp³-hybridized carbons (Fsp3) is 0.567. The molecule has 0 radical (unpaired) electrons. The van der Waals surface area contributed by atoms with Gasteiger partial charge in [0.25, 0.3) is 0 Å². The fourth-order valence-corrected chi connectivity index (χ4v) is 6.07. The van der Waals surface area contributed by atoms with Crippen LogP contribution in [0.5, 0.6) is 0 Å². The Morgan fingerprint density at radius 2 is 1.51 bits per heavy atom. The SMILES string of the molecule is CCN(c1ncc(C(F)(F)F)cc1CN1C(=O)O[C@H](c2cc(C(F)(F)F)cc(C(F)(F)F)c2)[C@@H]1C)C1CCN(C(=O)N(C)C)C(C)C1. The van der Waals surface area contributed by atoms with Crippen molar-refractivity contribution in [3.05, 3.63) is 58.3 Å². The summed E-state index contributed by atoms with van der Waals surface area (Å²) in [6, 6.07) is -0.167. The summed E-state index contributed by atoms with van der Waals surface area (Å²) in [4.78, 5) is 35.6. The number of ether oxygens (including phenoxy) is 1. The van der Waals surface area contributed by atoms with Gasteiger partial charge in [-0.2, -0.15) is 39.5 Å². The molecule has 2 saturated heterocycles. The molecule has 47 heavy (non-hydrogen) atoms. The van der Waals surface area contributed by atoms with Gasteiger partial charge in [0.1, 0.15) is 11.9 Å². The van der Waals surface area contributed by atoms with Crippen molar-refractivity contribution in [2.45, 2.75) is 82.9 Å². The highest BCUT2D eigenvalue weighted by atomic mass is 19.4. The number of hydrogen-bond acceptors (Lipinski definition) is 5. The minimum absolute atomic E-state index is 0.0504. The molecule has 4 atom stereocenters. The van der Waals surface area contributed by atoms with Crippen molar-refractivity contribution in [2.24, 2.45) is 0 Å². The van der Waals surface area contributed by atoms with Gasteiger partial charge in [0.2, 0.25) is 0 Å². The molecule has 260 valence electrons. The molecule has 8 nitrogen and oxygen atoms in total. The molecule has 2 aliphatic rings. The number of cyclic esters (lactones) is 1. The Morgan fingerprint density at radius 1 is 0.936 bits per heavy atom. The van der Waals surface area contributed by atoms with Gasteiger partial charge >= 0.3 is 30.7 Å². The molecule has 2 fully saturated rings. The van der Waals surface area contributed by atoms with Crippen LogP contribution in [-0.2, 0) is 29.8 Å². The maximum absolute atomic E-state index is 13.8. The van der Waals surface area contributed by atoms with Crippen molar-refractivity contribution < 1.29 is 53.8 Å². The minimum Gasteiger partial charge on any atom is -0.439 e. The van der Waals surface area contributed by atoms with E-state index in [-0.39, 0.29) is 42.1 Å². The van der Waals surface area contributed by atoms with Gasteiger partial charge in [-0.15, -0.1) is 0 Å². The van der Waals surface area contributed by atoms with E-state index in [1.165, 1.54) is 11.8 Å². The molecular formula is C30H34F9N5O3. The van der Waals surface area contributed by atoms with Gasteiger partial charge in [0, 0.05) is 51.0 Å². The summed E-state index contributed by atoms with van der Waals surface area (Å²) in [5.74, 6) is 0.118. The number of likely N-dealkylation sites (tertiary alicyclic amines) is 1. The van der Waals surface area contributed by atoms with E-state index in [9.17, 15) is 49.1 Å². The third-order valence-electron chi connectivity index (χ3n) is 8.47. The summed E-state index contributed by atoms with van der Waals surface area (Å²) >= 11 is 0. The predicted octanol–water partition coefficient (Wildman–Crippen LogP) is 7.58. The highest BCUT2D eigenvalue weighted by Crippen LogP contribution is 2.42. The number of piperidine rings is 1. The fourth-order valence-electron chi connectivity index (χ4n) is 6.07. The molecule has 2 aromatic rings. The van der Waals surface area contributed by atoms with E-state index in [4.69, 9.17) is 4.74 Å². The number of carbonyl (C=O) groups is 2. The second kappa shape index (κ2) is 12.9. The number of aromatic nitrogens is 1. The monoisotopic (exact) mass is 683 g/mol. The molecule has 0 spiro atoms. The number of halogens is 9. The molecule has 0 bridgehead atoms. The van der Waals surface area contributed by atoms with Crippen LogP contribution in [0.2, 0.25) is 0 Å². The highest BCUT2D eigenvalue weighted by molar-refractivity contribution is 5.74. The summed E-state index contributed by atoms with van der Waals surface area (Å²) in [6.45, 7) is 5.06. The van der Waals surface area contributed by atoms with Crippen LogP contribution < -0.4 is 4.90 Å². The first-order chi connectivity index (χ1) is 21.6. The summed E-state index contributed by atoms with van der Waals surface area (Å²) in [5, 5.41) is 0. The normalized spacial score (nSPS) is 22.4. The molecule has 2 aliphatic heterocycles. The average Bonchev–Trinajstić information content (AvgIpc) is 3.24. The lowest BCUT2D eigenvalue weighted by atomic mass is 9.96. The van der Waals surface area contributed by atoms with Crippen LogP contribution in [0.15, 0.2) is 30.5 Å². The van der Waals surface area contributed by atoms with Crippen molar-refractivity contribution in [3.8, 4) is 0 Å². The summed E-state index contributed by atoms with van der Waals surface area (Å²) in [5.41, 5.74) is -4.93. The van der Waals surface area contributed by atoms with Gasteiger partial charge in [-0.1, -0.05) is 0 Å². The molecule has 2 unspecified atom stereocenters. The number of urea groups is 1. The highest BCUT2D eigenvalue weighted by Gasteiger charge is 2.44. The van der Waals surface area contributed by atoms with Crippen LogP contribution in [0.25, 0.3) is 0 Å². The van der Waals surface area contributed by atoms with Crippen LogP contribution in [0.4, 0.5) is 54.9 Å². The number of amides is 3. The van der Waals surface area contributed by atoms with Crippen LogP contribution in [-0.4, -0.2) is 77.1 Å². The quantitative estimate of drug-likeness (QED) is 0.294. The second-order valence-electron chi connectivity index (χ2n) is 11.9. The van der Waals surface area contributed by atoms with E-state index in [0.717, 1.165) is 11.0 Å². The lowest BCUT2D eigenvalue weighted by molar-refractivity contribution is -0.143. The van der Waals surface area contributed by atoms with Gasteiger partial charge in [0.05, 0.1) is 29.3 Å². The number of rotatable bonds is 6. The van der Waals surface area contributed by atoms with E-state index in [0.29, 0.717) is 37.7 Å². The number of benzene rings is 1. The molecule has 0 N–H and O–H groups in total. The molecule has 1 aromatic heterocycles. The average molecular weight is 684 g/mol. The number of alkyl halides is 9. The first-order valence-electron chi connectivity index (χ1n) is 14.7. The largest absolute Gasteiger partial charge is 0.439 e. The Morgan fingerprint density at radius 3 is 2.00 bits per heavy atom. The molecule has 4 rings (SSSR count). The van der Waals surface area contributed by atoms with Gasteiger partial charge in [-0.25, -0.2) is 14.6 Å². The van der Waals surface area contributed by atoms with Gasteiger partial charge in [-0.3, -0.25) is 4.90 Å². The Labute approximate surface area is 265 Å². The standard InChI is InChI=1S/C30H34F9N5O3/c1-6-42(23-7-8-43(16(2)9-23)26(45)41(4)5)25-19(12-22(14-40-25)30(37,38)39)15-44-17(3)24(47-27(44)46)18-10-20(28(31,32)33)13-21(11-18)29(34,35)36/h10-14,16-17,23-24H,6-9,15H2,1-5H3/t16?,17-,23?,24-/m0/s1. The molecule has 0 saturated carbocycles. The van der Waals surface area contributed by atoms with E-state index < -0.39 is 65.6 Å². The number of hydrogen-bond donors (Lipinski definition) is 0. The number of nitrogens with zero attached hydrogens (tertiary/aromatic N) is 5. The van der Waals surface area contributed by atoms with Crippen LogP contribution >= 0.6 is 0 Å². The summed E-state index contributed by atoms with van der Waals surface area (Å²) in [6.07, 6.45) is -16.2. The number of carbonyl (C=O) groups excluding carboxylic acids is 2. The Bertz CT molecular complexity index is 1450.